The maximum Gasteiger partial charge on any atom is 0.301 e. The van der Waals surface area contributed by atoms with Crippen LogP contribution in [0.3, 0.4) is 0 Å². The third-order valence-corrected chi connectivity index (χ3v) is 6.29. The molecule has 0 unspecified atom stereocenters. The Hall–Kier alpha value is -3.45. The summed E-state index contributed by atoms with van der Waals surface area (Å²) in [4.78, 5) is 33.0. The minimum atomic E-state index is -0.791. The molecule has 6 nitrogen and oxygen atoms in total. The van der Waals surface area contributed by atoms with Gasteiger partial charge < -0.3 is 9.84 Å². The van der Waals surface area contributed by atoms with E-state index >= 15 is 0 Å². The number of nitrogens with zero attached hydrogens (tertiary/aromatic N) is 2. The van der Waals surface area contributed by atoms with Gasteiger partial charge in [-0.3, -0.25) is 14.5 Å². The van der Waals surface area contributed by atoms with Crippen molar-refractivity contribution >= 4 is 33.9 Å². The fraction of sp³-hybridized carbons (Fsp3) is 0.208. The van der Waals surface area contributed by atoms with E-state index in [-0.39, 0.29) is 11.3 Å². The molecule has 2 heterocycles. The number of aryl methyl sites for hydroxylation is 2. The molecule has 1 fully saturated rings. The summed E-state index contributed by atoms with van der Waals surface area (Å²) in [6.07, 6.45) is 0. The van der Waals surface area contributed by atoms with Gasteiger partial charge in [-0.25, -0.2) is 4.98 Å². The number of hydrogen-bond acceptors (Lipinski definition) is 6. The molecule has 1 saturated heterocycles. The normalized spacial score (nSPS) is 17.9. The van der Waals surface area contributed by atoms with Gasteiger partial charge in [0.15, 0.2) is 5.13 Å². The minimum absolute atomic E-state index is 0.0471. The zero-order valence-corrected chi connectivity index (χ0v) is 18.3. The predicted molar refractivity (Wildman–Crippen MR) is 120 cm³/mol. The molecule has 1 aliphatic heterocycles. The number of benzene rings is 2. The van der Waals surface area contributed by atoms with Crippen LogP contribution in [0, 0.1) is 13.8 Å². The molecule has 0 spiro atoms. The van der Waals surface area contributed by atoms with E-state index in [9.17, 15) is 14.7 Å². The Balaban J connectivity index is 1.91. The first-order chi connectivity index (χ1) is 14.9. The molecule has 1 aliphatic rings. The molecule has 0 aliphatic carbocycles. The summed E-state index contributed by atoms with van der Waals surface area (Å²) in [5, 5.41) is 11.5. The Labute approximate surface area is 184 Å². The Morgan fingerprint density at radius 2 is 1.77 bits per heavy atom. The van der Waals surface area contributed by atoms with Gasteiger partial charge in [-0.05, 0) is 38.5 Å². The van der Waals surface area contributed by atoms with E-state index in [1.807, 2.05) is 26.8 Å². The molecule has 0 bridgehead atoms. The van der Waals surface area contributed by atoms with E-state index in [4.69, 9.17) is 4.74 Å². The van der Waals surface area contributed by atoms with E-state index in [2.05, 4.69) is 4.98 Å². The highest BCUT2D eigenvalue weighted by Gasteiger charge is 2.48. The second-order valence-electron chi connectivity index (χ2n) is 7.18. The third-order valence-electron chi connectivity index (χ3n) is 5.22. The van der Waals surface area contributed by atoms with E-state index in [1.165, 1.54) is 16.2 Å². The van der Waals surface area contributed by atoms with Crippen molar-refractivity contribution in [1.82, 2.24) is 4.98 Å². The van der Waals surface area contributed by atoms with Gasteiger partial charge in [0.05, 0.1) is 23.9 Å². The topological polar surface area (TPSA) is 79.7 Å². The number of anilines is 1. The second kappa shape index (κ2) is 8.35. The van der Waals surface area contributed by atoms with Gasteiger partial charge in [-0.1, -0.05) is 42.5 Å². The number of ether oxygens (including phenoxy) is 1. The van der Waals surface area contributed by atoms with Crippen molar-refractivity contribution in [2.45, 2.75) is 26.8 Å². The van der Waals surface area contributed by atoms with E-state index in [1.54, 1.807) is 48.5 Å². The number of amides is 1. The zero-order chi connectivity index (χ0) is 22.1. The monoisotopic (exact) mass is 434 g/mol. The molecule has 1 aromatic heterocycles. The number of aliphatic hydroxyl groups excluding tert-OH is 1. The van der Waals surface area contributed by atoms with E-state index < -0.39 is 17.7 Å². The summed E-state index contributed by atoms with van der Waals surface area (Å²) in [6.45, 7) is 6.21. The van der Waals surface area contributed by atoms with Crippen LogP contribution in [0.1, 0.15) is 34.7 Å². The van der Waals surface area contributed by atoms with Crippen LogP contribution < -0.4 is 9.64 Å². The molecule has 4 rings (SSSR count). The van der Waals surface area contributed by atoms with Gasteiger partial charge in [0.1, 0.15) is 11.5 Å². The summed E-state index contributed by atoms with van der Waals surface area (Å²) in [6, 6.07) is 15.2. The quantitative estimate of drug-likeness (QED) is 0.355. The molecule has 1 N–H and O–H groups in total. The van der Waals surface area contributed by atoms with Crippen molar-refractivity contribution in [1.29, 1.82) is 0 Å². The number of carbonyl (C=O) groups is 2. The summed E-state index contributed by atoms with van der Waals surface area (Å²) < 4.78 is 5.52. The number of rotatable bonds is 5. The van der Waals surface area contributed by atoms with Gasteiger partial charge in [0.25, 0.3) is 5.78 Å². The van der Waals surface area contributed by atoms with Gasteiger partial charge in [-0.15, -0.1) is 11.3 Å². The first-order valence-corrected chi connectivity index (χ1v) is 10.8. The van der Waals surface area contributed by atoms with E-state index in [0.29, 0.717) is 28.6 Å². The van der Waals surface area contributed by atoms with Crippen LogP contribution in [0.15, 0.2) is 60.2 Å². The second-order valence-corrected chi connectivity index (χ2v) is 8.36. The van der Waals surface area contributed by atoms with Crippen molar-refractivity contribution in [2.24, 2.45) is 0 Å². The standard InChI is InChI=1S/C24H22N2O4S/c1-4-30-18-12-10-16(11-13-18)20-19(21(27)17-8-6-5-7-9-17)22(28)23(29)26(20)24-25-14(2)15(3)31-24/h5-13,20,27H,4H2,1-3H3/b21-19+/t20-/m0/s1. The largest absolute Gasteiger partial charge is 0.507 e. The van der Waals surface area contributed by atoms with Crippen molar-refractivity contribution in [3.8, 4) is 5.75 Å². The molecule has 0 saturated carbocycles. The molecule has 7 heteroatoms. The lowest BCUT2D eigenvalue weighted by Crippen LogP contribution is -2.29. The lowest BCUT2D eigenvalue weighted by atomic mass is 9.95. The highest BCUT2D eigenvalue weighted by molar-refractivity contribution is 7.16. The van der Waals surface area contributed by atoms with Crippen LogP contribution in [0.5, 0.6) is 5.75 Å². The molecular weight excluding hydrogens is 412 g/mol. The number of Topliss-reactive ketones (excluding diaryl/α,β-unsaturated/α-hetero) is 1. The van der Waals surface area contributed by atoms with Crippen LogP contribution in [0.25, 0.3) is 5.76 Å². The lowest BCUT2D eigenvalue weighted by Gasteiger charge is -2.23. The maximum atomic E-state index is 13.1. The first kappa shape index (κ1) is 20.8. The molecule has 1 atom stereocenters. The number of aromatic nitrogens is 1. The highest BCUT2D eigenvalue weighted by Crippen LogP contribution is 2.43. The Kier molecular flexibility index (Phi) is 5.61. The molecule has 1 amide bonds. The molecule has 2 aromatic carbocycles. The van der Waals surface area contributed by atoms with Gasteiger partial charge in [0, 0.05) is 10.4 Å². The number of aliphatic hydroxyl groups is 1. The van der Waals surface area contributed by atoms with Crippen LogP contribution in [-0.2, 0) is 9.59 Å². The summed E-state index contributed by atoms with van der Waals surface area (Å²) in [5.41, 5.74) is 2.01. The summed E-state index contributed by atoms with van der Waals surface area (Å²) in [7, 11) is 0. The van der Waals surface area contributed by atoms with Crippen molar-refractivity contribution in [3.63, 3.8) is 0 Å². The Morgan fingerprint density at radius 1 is 1.10 bits per heavy atom. The summed E-state index contributed by atoms with van der Waals surface area (Å²) in [5.74, 6) is -0.951. The van der Waals surface area contributed by atoms with Crippen LogP contribution in [0.2, 0.25) is 0 Å². The number of ketones is 1. The SMILES string of the molecule is CCOc1ccc([C@H]2/C(=C(\O)c3ccccc3)C(=O)C(=O)N2c2nc(C)c(C)s2)cc1. The number of thiazole rings is 1. The predicted octanol–water partition coefficient (Wildman–Crippen LogP) is 4.78. The average Bonchev–Trinajstić information content (AvgIpc) is 3.24. The fourth-order valence-corrected chi connectivity index (χ4v) is 4.51. The fourth-order valence-electron chi connectivity index (χ4n) is 3.57. The molecular formula is C24H22N2O4S. The highest BCUT2D eigenvalue weighted by atomic mass is 32.1. The third kappa shape index (κ3) is 3.72. The molecule has 158 valence electrons. The van der Waals surface area contributed by atoms with Crippen molar-refractivity contribution in [3.05, 3.63) is 81.9 Å². The number of hydrogen-bond donors (Lipinski definition) is 1. The maximum absolute atomic E-state index is 13.1. The first-order valence-electron chi connectivity index (χ1n) is 9.95. The van der Waals surface area contributed by atoms with Crippen molar-refractivity contribution < 1.29 is 19.4 Å². The molecule has 3 aromatic rings. The molecule has 31 heavy (non-hydrogen) atoms. The van der Waals surface area contributed by atoms with Crippen LogP contribution in [-0.4, -0.2) is 28.4 Å². The smallest absolute Gasteiger partial charge is 0.301 e. The van der Waals surface area contributed by atoms with Crippen molar-refractivity contribution in [2.75, 3.05) is 11.5 Å². The number of carbonyl (C=O) groups excluding carboxylic acids is 2. The molecule has 0 radical (unpaired) electrons. The van der Waals surface area contributed by atoms with Gasteiger partial charge in [0.2, 0.25) is 0 Å². The lowest BCUT2D eigenvalue weighted by molar-refractivity contribution is -0.132. The minimum Gasteiger partial charge on any atom is -0.507 e. The van der Waals surface area contributed by atoms with Crippen LogP contribution in [0.4, 0.5) is 5.13 Å². The van der Waals surface area contributed by atoms with Crippen LogP contribution >= 0.6 is 11.3 Å². The Morgan fingerprint density at radius 3 is 2.35 bits per heavy atom. The van der Waals surface area contributed by atoms with Gasteiger partial charge in [-0.2, -0.15) is 0 Å². The Bertz CT molecular complexity index is 1150. The van der Waals surface area contributed by atoms with Gasteiger partial charge >= 0.3 is 5.91 Å². The average molecular weight is 435 g/mol. The summed E-state index contributed by atoms with van der Waals surface area (Å²) >= 11 is 1.35. The van der Waals surface area contributed by atoms with E-state index in [0.717, 1.165) is 10.6 Å². The zero-order valence-electron chi connectivity index (χ0n) is 17.5.